The Hall–Kier alpha value is -1.28. The van der Waals surface area contributed by atoms with Crippen molar-refractivity contribution in [1.29, 1.82) is 0 Å². The van der Waals surface area contributed by atoms with E-state index in [1.54, 1.807) is 6.08 Å². The number of phosphoric acid groups is 1. The molecule has 3 unspecified atom stereocenters. The first-order valence-corrected chi connectivity index (χ1v) is 33.8. The molecule has 0 rings (SSSR count). The summed E-state index contributed by atoms with van der Waals surface area (Å²) in [5, 5.41) is 13.9. The minimum atomic E-state index is -4.59. The number of hydrogen-bond donors (Lipinski definition) is 2. The third-order valence-corrected chi connectivity index (χ3v) is 15.8. The Kier molecular flexibility index (Phi) is 55.5. The fourth-order valence-electron chi connectivity index (χ4n) is 9.78. The van der Waals surface area contributed by atoms with Gasteiger partial charge in [-0.2, -0.15) is 0 Å². The summed E-state index contributed by atoms with van der Waals surface area (Å²) < 4.78 is 23.3. The van der Waals surface area contributed by atoms with Gasteiger partial charge in [0.05, 0.1) is 39.9 Å². The molecule has 0 radical (unpaired) electrons. The van der Waals surface area contributed by atoms with E-state index in [1.165, 1.54) is 257 Å². The van der Waals surface area contributed by atoms with E-state index in [9.17, 15) is 19.4 Å². The Labute approximate surface area is 461 Å². The maximum atomic E-state index is 13.0. The van der Waals surface area contributed by atoms with Crippen molar-refractivity contribution in [2.24, 2.45) is 0 Å². The van der Waals surface area contributed by atoms with Crippen molar-refractivity contribution in [2.75, 3.05) is 40.9 Å². The van der Waals surface area contributed by atoms with Crippen LogP contribution in [0.4, 0.5) is 0 Å². The molecule has 1 amide bonds. The minimum Gasteiger partial charge on any atom is -0.756 e. The van der Waals surface area contributed by atoms with E-state index >= 15 is 0 Å². The van der Waals surface area contributed by atoms with Gasteiger partial charge in [0.2, 0.25) is 5.91 Å². The van der Waals surface area contributed by atoms with Gasteiger partial charge < -0.3 is 28.8 Å². The van der Waals surface area contributed by atoms with E-state index in [0.29, 0.717) is 17.4 Å². The Morgan fingerprint density at radius 1 is 0.473 bits per heavy atom. The lowest BCUT2D eigenvalue weighted by Crippen LogP contribution is -2.45. The fourth-order valence-corrected chi connectivity index (χ4v) is 10.5. The minimum absolute atomic E-state index is 0.00123. The van der Waals surface area contributed by atoms with Crippen LogP contribution in [0.1, 0.15) is 322 Å². The number of aliphatic hydroxyl groups excluding tert-OH is 1. The summed E-state index contributed by atoms with van der Waals surface area (Å²) in [4.78, 5) is 25.5. The lowest BCUT2D eigenvalue weighted by atomic mass is 10.0. The van der Waals surface area contributed by atoms with Gasteiger partial charge in [0.25, 0.3) is 7.82 Å². The SMILES string of the molecule is CCCCCCC/C=C\C/C=C\CCCCCCCCCCCCCCCCCCCCCCCCCCCCCC(=O)NC(COP(=O)([O-])OCC[N+](C)(C)C)C(O)/C=C/CCCCCCCCCCCCC. The second kappa shape index (κ2) is 56.4. The first kappa shape index (κ1) is 72.7. The van der Waals surface area contributed by atoms with Crippen molar-refractivity contribution < 1.29 is 32.9 Å². The molecule has 0 spiro atoms. The molecule has 0 heterocycles. The maximum Gasteiger partial charge on any atom is 0.268 e. The van der Waals surface area contributed by atoms with Crippen molar-refractivity contribution in [3.63, 3.8) is 0 Å². The van der Waals surface area contributed by atoms with Gasteiger partial charge in [-0.3, -0.25) is 9.36 Å². The number of likely N-dealkylation sites (N-methyl/N-ethyl adjacent to an activating group) is 1. The summed E-state index contributed by atoms with van der Waals surface area (Å²) in [5.41, 5.74) is 0. The summed E-state index contributed by atoms with van der Waals surface area (Å²) >= 11 is 0. The number of carbonyl (C=O) groups excluding carboxylic acids is 1. The van der Waals surface area contributed by atoms with Gasteiger partial charge >= 0.3 is 0 Å². The summed E-state index contributed by atoms with van der Waals surface area (Å²) in [5.74, 6) is -0.192. The number of hydrogen-bond acceptors (Lipinski definition) is 6. The molecule has 0 aromatic heterocycles. The number of nitrogens with zero attached hydrogens (tertiary/aromatic N) is 1. The van der Waals surface area contributed by atoms with Crippen LogP contribution in [0.5, 0.6) is 0 Å². The van der Waals surface area contributed by atoms with Crippen LogP contribution in [-0.2, 0) is 18.4 Å². The molecule has 0 aliphatic carbocycles. The number of allylic oxidation sites excluding steroid dienone is 5. The van der Waals surface area contributed by atoms with Crippen LogP contribution in [0.2, 0.25) is 0 Å². The summed E-state index contributed by atoms with van der Waals surface area (Å²) in [6, 6.07) is -0.883. The highest BCUT2D eigenvalue weighted by atomic mass is 31.2. The molecule has 0 saturated carbocycles. The van der Waals surface area contributed by atoms with Gasteiger partial charge in [-0.1, -0.05) is 301 Å². The smallest absolute Gasteiger partial charge is 0.268 e. The molecule has 74 heavy (non-hydrogen) atoms. The molecule has 0 aromatic rings. The Morgan fingerprint density at radius 3 is 1.12 bits per heavy atom. The molecule has 2 N–H and O–H groups in total. The van der Waals surface area contributed by atoms with E-state index in [2.05, 4.69) is 43.5 Å². The molecule has 438 valence electrons. The number of carbonyl (C=O) groups is 1. The molecule has 0 bridgehead atoms. The van der Waals surface area contributed by atoms with Crippen LogP contribution < -0.4 is 10.2 Å². The maximum absolute atomic E-state index is 13.0. The number of rotatable bonds is 60. The highest BCUT2D eigenvalue weighted by Crippen LogP contribution is 2.38. The highest BCUT2D eigenvalue weighted by molar-refractivity contribution is 7.45. The number of quaternary nitrogens is 1. The average Bonchev–Trinajstić information content (AvgIpc) is 3.36. The van der Waals surface area contributed by atoms with Crippen molar-refractivity contribution in [1.82, 2.24) is 5.32 Å². The van der Waals surface area contributed by atoms with Crippen molar-refractivity contribution in [3.05, 3.63) is 36.5 Å². The standard InChI is InChI=1S/C65H127N2O6P/c1-6-8-10-12-14-16-18-20-21-22-23-24-25-26-27-28-29-30-31-32-33-34-35-36-37-38-39-40-41-42-43-44-45-47-49-51-53-55-57-59-65(69)66-63(62-73-74(70,71)72-61-60-67(3,4)5)64(68)58-56-54-52-50-48-46-19-17-15-13-11-9-7-2/h18,20,22-23,56,58,63-64,68H,6-17,19,21,24-55,57,59-62H2,1-5H3,(H-,66,69,70,71)/b20-18-,23-22-,58-56+. The predicted octanol–water partition coefficient (Wildman–Crippen LogP) is 19.5. The number of aliphatic hydroxyl groups is 1. The van der Waals surface area contributed by atoms with Crippen LogP contribution in [-0.4, -0.2) is 68.5 Å². The molecule has 8 nitrogen and oxygen atoms in total. The molecule has 0 saturated heterocycles. The number of nitrogens with one attached hydrogen (secondary N) is 1. The van der Waals surface area contributed by atoms with Crippen LogP contribution in [0.25, 0.3) is 0 Å². The molecular formula is C65H127N2O6P. The van der Waals surface area contributed by atoms with E-state index < -0.39 is 20.0 Å². The monoisotopic (exact) mass is 1060 g/mol. The first-order valence-electron chi connectivity index (χ1n) is 32.4. The molecule has 0 aliphatic heterocycles. The number of amides is 1. The summed E-state index contributed by atoms with van der Waals surface area (Å²) in [7, 11) is 1.27. The van der Waals surface area contributed by atoms with Gasteiger partial charge in [0.1, 0.15) is 13.2 Å². The van der Waals surface area contributed by atoms with Crippen LogP contribution in [0, 0.1) is 0 Å². The first-order chi connectivity index (χ1) is 36.0. The molecule has 3 atom stereocenters. The molecule has 0 aromatic carbocycles. The highest BCUT2D eigenvalue weighted by Gasteiger charge is 2.23. The summed E-state index contributed by atoms with van der Waals surface area (Å²) in [6.45, 7) is 4.66. The van der Waals surface area contributed by atoms with Gasteiger partial charge in [-0.15, -0.1) is 0 Å². The topological polar surface area (TPSA) is 108 Å². The Balaban J connectivity index is 3.85. The lowest BCUT2D eigenvalue weighted by molar-refractivity contribution is -0.870. The fraction of sp³-hybridized carbons (Fsp3) is 0.892. The van der Waals surface area contributed by atoms with Crippen LogP contribution in [0.15, 0.2) is 36.5 Å². The zero-order valence-electron chi connectivity index (χ0n) is 50.1. The van der Waals surface area contributed by atoms with Crippen LogP contribution >= 0.6 is 7.82 Å². The van der Waals surface area contributed by atoms with Crippen LogP contribution in [0.3, 0.4) is 0 Å². The third-order valence-electron chi connectivity index (χ3n) is 14.8. The normalized spacial score (nSPS) is 14.0. The van der Waals surface area contributed by atoms with Gasteiger partial charge in [0, 0.05) is 6.42 Å². The van der Waals surface area contributed by atoms with E-state index in [-0.39, 0.29) is 19.1 Å². The molecule has 0 fully saturated rings. The average molecular weight is 1060 g/mol. The van der Waals surface area contributed by atoms with Crippen molar-refractivity contribution in [3.8, 4) is 0 Å². The number of unbranched alkanes of at least 4 members (excludes halogenated alkanes) is 43. The van der Waals surface area contributed by atoms with Gasteiger partial charge in [-0.05, 0) is 51.4 Å². The largest absolute Gasteiger partial charge is 0.756 e. The lowest BCUT2D eigenvalue weighted by Gasteiger charge is -2.29. The second-order valence-electron chi connectivity index (χ2n) is 23.5. The number of phosphoric ester groups is 1. The van der Waals surface area contributed by atoms with Crippen molar-refractivity contribution >= 4 is 13.7 Å². The van der Waals surface area contributed by atoms with Crippen molar-refractivity contribution in [2.45, 2.75) is 334 Å². The molecular weight excluding hydrogens is 936 g/mol. The Bertz CT molecular complexity index is 1300. The molecule has 9 heteroatoms. The van der Waals surface area contributed by atoms with Gasteiger partial charge in [-0.25, -0.2) is 0 Å². The summed E-state index contributed by atoms with van der Waals surface area (Å²) in [6.07, 6.45) is 74.1. The molecule has 0 aliphatic rings. The van der Waals surface area contributed by atoms with E-state index in [0.717, 1.165) is 44.9 Å². The van der Waals surface area contributed by atoms with Gasteiger partial charge in [0.15, 0.2) is 0 Å². The van der Waals surface area contributed by atoms with E-state index in [1.807, 2.05) is 27.2 Å². The quantitative estimate of drug-likeness (QED) is 0.0272. The third kappa shape index (κ3) is 58.4. The Morgan fingerprint density at radius 2 is 0.784 bits per heavy atom. The zero-order chi connectivity index (χ0) is 54.2. The van der Waals surface area contributed by atoms with E-state index in [4.69, 9.17) is 9.05 Å². The second-order valence-corrected chi connectivity index (χ2v) is 24.9. The zero-order valence-corrected chi connectivity index (χ0v) is 51.0. The predicted molar refractivity (Wildman–Crippen MR) is 321 cm³/mol.